The number of nitrogen functional groups attached to an aromatic ring is 1. The number of carboxylic acid groups (broad SMARTS) is 1. The first kappa shape index (κ1) is 26.6. The largest absolute Gasteiger partial charge is 0.543 e. The smallest absolute Gasteiger partial charge is 0.335 e. The van der Waals surface area contributed by atoms with Crippen LogP contribution in [0.5, 0.6) is 0 Å². The number of hydrogen-bond acceptors (Lipinski definition) is 12. The van der Waals surface area contributed by atoms with E-state index < -0.39 is 29.2 Å². The Hall–Kier alpha value is -3.43. The Morgan fingerprint density at radius 2 is 2.22 bits per heavy atom. The molecule has 0 spiro atoms. The molecule has 1 saturated heterocycles. The highest BCUT2D eigenvalue weighted by Gasteiger charge is 2.53. The van der Waals surface area contributed by atoms with Gasteiger partial charge in [0.15, 0.2) is 10.8 Å². The number of rotatable bonds is 10. The number of hydrogen-bond donors (Lipinski definition) is 2. The van der Waals surface area contributed by atoms with Gasteiger partial charge >= 0.3 is 5.13 Å². The van der Waals surface area contributed by atoms with Crippen molar-refractivity contribution in [3.05, 3.63) is 46.1 Å². The molecule has 0 bridgehead atoms. The van der Waals surface area contributed by atoms with Crippen LogP contribution in [0.3, 0.4) is 0 Å². The fourth-order valence-electron chi connectivity index (χ4n) is 3.91. The number of amides is 2. The zero-order valence-electron chi connectivity index (χ0n) is 20.3. The van der Waals surface area contributed by atoms with Crippen LogP contribution < -0.4 is 25.6 Å². The van der Waals surface area contributed by atoms with Crippen LogP contribution in [0.4, 0.5) is 10.3 Å². The van der Waals surface area contributed by atoms with Crippen LogP contribution >= 0.6 is 34.4 Å². The van der Waals surface area contributed by atoms with Gasteiger partial charge < -0.3 is 25.8 Å². The number of β-lactam (4-membered cyclic amide) rings is 1. The summed E-state index contributed by atoms with van der Waals surface area (Å²) in [6.45, 7) is 5.88. The van der Waals surface area contributed by atoms with Gasteiger partial charge in [-0.3, -0.25) is 19.4 Å². The molecular weight excluding hydrogens is 538 g/mol. The second-order valence-corrected chi connectivity index (χ2v) is 11.1. The third kappa shape index (κ3) is 5.19. The van der Waals surface area contributed by atoms with Crippen LogP contribution in [0.1, 0.15) is 11.4 Å². The first-order chi connectivity index (χ1) is 17.6. The van der Waals surface area contributed by atoms with Crippen LogP contribution in [0.2, 0.25) is 0 Å². The molecule has 12 nitrogen and oxygen atoms in total. The summed E-state index contributed by atoms with van der Waals surface area (Å²) in [5, 5.41) is 22.7. The van der Waals surface area contributed by atoms with Crippen molar-refractivity contribution < 1.29 is 28.9 Å². The summed E-state index contributed by atoms with van der Waals surface area (Å²) in [5.74, 6) is -2.32. The number of likely N-dealkylation sites (N-methyl/N-ethyl adjacent to an activating group) is 1. The lowest BCUT2D eigenvalue weighted by Crippen LogP contribution is -2.71. The minimum absolute atomic E-state index is 0.0606. The predicted octanol–water partition coefficient (Wildman–Crippen LogP) is -0.633. The van der Waals surface area contributed by atoms with E-state index in [9.17, 15) is 19.5 Å². The summed E-state index contributed by atoms with van der Waals surface area (Å²) < 4.78 is 2.01. The minimum atomic E-state index is -1.43. The molecule has 4 rings (SSSR count). The number of nitrogens with one attached hydrogen (secondary N) is 1. The molecule has 2 aliphatic heterocycles. The Morgan fingerprint density at radius 3 is 2.81 bits per heavy atom. The number of nitrogens with two attached hydrogens (primary N) is 1. The van der Waals surface area contributed by atoms with E-state index in [2.05, 4.69) is 22.0 Å². The number of carboxylic acids is 1. The Bertz CT molecular complexity index is 1320. The second-order valence-electron chi connectivity index (χ2n) is 8.27. The number of anilines is 2. The number of fused-ring (bicyclic) bond motifs is 1. The molecule has 2 aromatic heterocycles. The third-order valence-electron chi connectivity index (χ3n) is 5.76. The fraction of sp³-hybridized carbons (Fsp3) is 0.364. The first-order valence-electron chi connectivity index (χ1n) is 11.0. The van der Waals surface area contributed by atoms with Crippen molar-refractivity contribution >= 4 is 68.2 Å². The van der Waals surface area contributed by atoms with Crippen molar-refractivity contribution in [1.82, 2.24) is 15.2 Å². The fourth-order valence-corrected chi connectivity index (χ4v) is 6.77. The number of carbonyl (C=O) groups excluding carboxylic acids is 3. The number of carbonyl (C=O) groups is 3. The number of nitrogens with zero attached hydrogens (tertiary/aromatic N) is 5. The van der Waals surface area contributed by atoms with Crippen LogP contribution in [0.25, 0.3) is 0 Å². The van der Waals surface area contributed by atoms with E-state index in [0.29, 0.717) is 17.9 Å². The number of aromatic nitrogens is 2. The maximum atomic E-state index is 13.1. The highest BCUT2D eigenvalue weighted by Crippen LogP contribution is 2.40. The van der Waals surface area contributed by atoms with Crippen molar-refractivity contribution in [1.29, 1.82) is 0 Å². The average molecular weight is 564 g/mol. The number of aryl methyl sites for hydroxylation is 1. The molecule has 15 heteroatoms. The van der Waals surface area contributed by atoms with Crippen molar-refractivity contribution in [2.75, 3.05) is 36.6 Å². The van der Waals surface area contributed by atoms with E-state index in [1.807, 2.05) is 35.9 Å². The first-order valence-corrected chi connectivity index (χ1v) is 13.8. The molecule has 1 fully saturated rings. The van der Waals surface area contributed by atoms with Gasteiger partial charge in [0.1, 0.15) is 36.0 Å². The maximum Gasteiger partial charge on any atom is 0.335 e. The molecule has 2 aromatic rings. The number of thioether (sulfide) groups is 1. The van der Waals surface area contributed by atoms with Crippen molar-refractivity contribution in [2.45, 2.75) is 18.3 Å². The zero-order chi connectivity index (χ0) is 26.9. The van der Waals surface area contributed by atoms with Gasteiger partial charge in [-0.25, -0.2) is 9.55 Å². The monoisotopic (exact) mass is 563 g/mol. The van der Waals surface area contributed by atoms with Gasteiger partial charge in [-0.15, -0.1) is 23.1 Å². The molecule has 196 valence electrons. The molecule has 37 heavy (non-hydrogen) atoms. The Kier molecular flexibility index (Phi) is 7.85. The zero-order valence-corrected chi connectivity index (χ0v) is 22.7. The lowest BCUT2D eigenvalue weighted by Gasteiger charge is -2.50. The van der Waals surface area contributed by atoms with E-state index in [-0.39, 0.29) is 28.8 Å². The van der Waals surface area contributed by atoms with Crippen LogP contribution in [0.15, 0.2) is 39.8 Å². The van der Waals surface area contributed by atoms with E-state index >= 15 is 0 Å². The normalized spacial score (nSPS) is 19.3. The Labute approximate surface area is 225 Å². The van der Waals surface area contributed by atoms with E-state index in [1.54, 1.807) is 16.7 Å². The molecule has 0 aromatic carbocycles. The molecule has 3 N–H and O–H groups in total. The summed E-state index contributed by atoms with van der Waals surface area (Å²) in [6.07, 6.45) is 1.46. The number of thiazole rings is 2. The molecule has 0 saturated carbocycles. The maximum absolute atomic E-state index is 13.1. The van der Waals surface area contributed by atoms with Gasteiger partial charge in [0.05, 0.1) is 25.8 Å². The predicted molar refractivity (Wildman–Crippen MR) is 140 cm³/mol. The lowest BCUT2D eigenvalue weighted by molar-refractivity contribution is -0.660. The number of oxime groups is 1. The summed E-state index contributed by atoms with van der Waals surface area (Å²) in [6, 6.07) is -0.954. The Morgan fingerprint density at radius 1 is 1.46 bits per heavy atom. The summed E-state index contributed by atoms with van der Waals surface area (Å²) in [5.41, 5.74) is 7.21. The molecule has 0 aliphatic carbocycles. The van der Waals surface area contributed by atoms with Crippen molar-refractivity contribution in [2.24, 2.45) is 12.2 Å². The highest BCUT2D eigenvalue weighted by molar-refractivity contribution is 8.00. The number of aliphatic carboxylic acids is 1. The average Bonchev–Trinajstić information content (AvgIpc) is 3.44. The summed E-state index contributed by atoms with van der Waals surface area (Å²) in [7, 11) is 3.80. The van der Waals surface area contributed by atoms with Gasteiger partial charge in [-0.1, -0.05) is 29.1 Å². The molecule has 2 aliphatic rings. The van der Waals surface area contributed by atoms with Crippen LogP contribution in [0, 0.1) is 6.92 Å². The summed E-state index contributed by atoms with van der Waals surface area (Å²) >= 11 is 4.04. The van der Waals surface area contributed by atoms with E-state index in [4.69, 9.17) is 10.6 Å². The van der Waals surface area contributed by atoms with Gasteiger partial charge in [-0.05, 0) is 6.92 Å². The quantitative estimate of drug-likeness (QED) is 0.0959. The Balaban J connectivity index is 1.52. The SMILES string of the molecule is C=CCO/N=C(/C(=O)NC1C(=O)N2C(C(=O)[O-])=C(CN(C)c3scc(C)[n+]3C)CS[C@H]12)c1csc(N)n1. The van der Waals surface area contributed by atoms with Crippen molar-refractivity contribution in [3.8, 4) is 0 Å². The highest BCUT2D eigenvalue weighted by atomic mass is 32.2. The topological polar surface area (TPSA) is 157 Å². The van der Waals surface area contributed by atoms with Crippen LogP contribution in [-0.2, 0) is 26.3 Å². The molecule has 1 unspecified atom stereocenters. The molecule has 0 radical (unpaired) electrons. The van der Waals surface area contributed by atoms with E-state index in [0.717, 1.165) is 22.2 Å². The van der Waals surface area contributed by atoms with Gasteiger partial charge in [0.2, 0.25) is 0 Å². The standard InChI is InChI=1S/C22H25N7O5S3/c1-5-6-34-26-14(13-10-36-21(23)24-13)17(30)25-15-18(31)29-16(20(32)33)12(9-35-19(15)29)7-27(3)22-28(4)11(2)8-37-22/h5,8,10,15,19H,1,6-7,9H2,2-4H3,(H3-,23,24,25,30,32,33)/b26-14+/t15?,19-/m1/s1. The molecule has 4 heterocycles. The van der Waals surface area contributed by atoms with Gasteiger partial charge in [0, 0.05) is 22.1 Å². The lowest BCUT2D eigenvalue weighted by atomic mass is 10.0. The van der Waals surface area contributed by atoms with Crippen LogP contribution in [-0.4, -0.2) is 70.7 Å². The summed E-state index contributed by atoms with van der Waals surface area (Å²) in [4.78, 5) is 50.5. The van der Waals surface area contributed by atoms with Gasteiger partial charge in [0.25, 0.3) is 11.8 Å². The molecular formula is C22H25N7O5S3. The third-order valence-corrected chi connectivity index (χ3v) is 9.03. The van der Waals surface area contributed by atoms with Gasteiger partial charge in [-0.2, -0.15) is 0 Å². The van der Waals surface area contributed by atoms with Crippen molar-refractivity contribution in [3.63, 3.8) is 0 Å². The molecule has 2 atom stereocenters. The second kappa shape index (κ2) is 10.9. The molecule has 2 amide bonds. The van der Waals surface area contributed by atoms with E-state index in [1.165, 1.54) is 22.7 Å². The minimum Gasteiger partial charge on any atom is -0.543 e.